The SMILES string of the molecule is CCn1ccnc1CN(C(=O)c1ccc(CN)cc1)[C@@H]1CC12CCNCC2. The Morgan fingerprint density at radius 2 is 2.07 bits per heavy atom. The number of nitrogens with zero attached hydrogens (tertiary/aromatic N) is 3. The number of nitrogens with two attached hydrogens (primary N) is 1. The molecule has 2 aliphatic rings. The zero-order chi connectivity index (χ0) is 18.9. The van der Waals surface area contributed by atoms with Crippen LogP contribution in [-0.2, 0) is 19.6 Å². The minimum Gasteiger partial charge on any atom is -0.334 e. The topological polar surface area (TPSA) is 76.2 Å². The van der Waals surface area contributed by atoms with Crippen LogP contribution in [0.3, 0.4) is 0 Å². The van der Waals surface area contributed by atoms with Gasteiger partial charge in [0.2, 0.25) is 0 Å². The minimum absolute atomic E-state index is 0.102. The van der Waals surface area contributed by atoms with Crippen LogP contribution in [0.5, 0.6) is 0 Å². The van der Waals surface area contributed by atoms with E-state index in [1.165, 1.54) is 0 Å². The van der Waals surface area contributed by atoms with E-state index in [1.807, 2.05) is 36.7 Å². The van der Waals surface area contributed by atoms with E-state index in [0.29, 0.717) is 24.5 Å². The molecule has 2 fully saturated rings. The van der Waals surface area contributed by atoms with E-state index in [2.05, 4.69) is 26.7 Å². The Kier molecular flexibility index (Phi) is 5.02. The monoisotopic (exact) mass is 367 g/mol. The molecule has 1 saturated heterocycles. The first-order valence-corrected chi connectivity index (χ1v) is 9.97. The smallest absolute Gasteiger partial charge is 0.254 e. The van der Waals surface area contributed by atoms with Crippen molar-refractivity contribution in [3.8, 4) is 0 Å². The van der Waals surface area contributed by atoms with Gasteiger partial charge in [0.15, 0.2) is 0 Å². The lowest BCUT2D eigenvalue weighted by molar-refractivity contribution is 0.0685. The van der Waals surface area contributed by atoms with Gasteiger partial charge in [-0.25, -0.2) is 4.98 Å². The molecular weight excluding hydrogens is 338 g/mol. The second-order valence-electron chi connectivity index (χ2n) is 7.80. The van der Waals surface area contributed by atoms with Crippen LogP contribution in [0.2, 0.25) is 0 Å². The number of rotatable bonds is 6. The average molecular weight is 367 g/mol. The fraction of sp³-hybridized carbons (Fsp3) is 0.524. The Morgan fingerprint density at radius 1 is 1.33 bits per heavy atom. The molecule has 1 spiro atoms. The highest BCUT2D eigenvalue weighted by atomic mass is 16.2. The third-order valence-corrected chi connectivity index (χ3v) is 6.27. The highest BCUT2D eigenvalue weighted by Crippen LogP contribution is 2.56. The molecule has 3 N–H and O–H groups in total. The third-order valence-electron chi connectivity index (χ3n) is 6.27. The average Bonchev–Trinajstić information content (AvgIpc) is 3.19. The Morgan fingerprint density at radius 3 is 2.74 bits per heavy atom. The van der Waals surface area contributed by atoms with Crippen LogP contribution in [0, 0.1) is 5.41 Å². The van der Waals surface area contributed by atoms with Crippen molar-refractivity contribution in [1.29, 1.82) is 0 Å². The summed E-state index contributed by atoms with van der Waals surface area (Å²) in [6, 6.07) is 8.02. The van der Waals surface area contributed by atoms with E-state index in [4.69, 9.17) is 5.73 Å². The molecule has 0 unspecified atom stereocenters. The lowest BCUT2D eigenvalue weighted by atomic mass is 9.93. The van der Waals surface area contributed by atoms with Gasteiger partial charge in [-0.2, -0.15) is 0 Å². The summed E-state index contributed by atoms with van der Waals surface area (Å²) in [7, 11) is 0. The van der Waals surface area contributed by atoms with Gasteiger partial charge >= 0.3 is 0 Å². The van der Waals surface area contributed by atoms with Crippen LogP contribution >= 0.6 is 0 Å². The quantitative estimate of drug-likeness (QED) is 0.820. The van der Waals surface area contributed by atoms with Crippen molar-refractivity contribution in [3.05, 3.63) is 53.6 Å². The lowest BCUT2D eigenvalue weighted by Gasteiger charge is -2.29. The third kappa shape index (κ3) is 3.51. The van der Waals surface area contributed by atoms with Crippen molar-refractivity contribution >= 4 is 5.91 Å². The molecule has 1 atom stereocenters. The minimum atomic E-state index is 0.102. The van der Waals surface area contributed by atoms with E-state index in [-0.39, 0.29) is 5.91 Å². The first kappa shape index (κ1) is 18.2. The molecule has 1 amide bonds. The van der Waals surface area contributed by atoms with Crippen molar-refractivity contribution in [2.75, 3.05) is 13.1 Å². The summed E-state index contributed by atoms with van der Waals surface area (Å²) >= 11 is 0. The second kappa shape index (κ2) is 7.44. The number of benzene rings is 1. The Bertz CT molecular complexity index is 791. The zero-order valence-electron chi connectivity index (χ0n) is 16.0. The van der Waals surface area contributed by atoms with E-state index in [1.54, 1.807) is 0 Å². The van der Waals surface area contributed by atoms with Crippen molar-refractivity contribution in [2.24, 2.45) is 11.1 Å². The summed E-state index contributed by atoms with van der Waals surface area (Å²) < 4.78 is 2.12. The predicted molar refractivity (Wildman–Crippen MR) is 105 cm³/mol. The number of carbonyl (C=O) groups is 1. The molecule has 6 nitrogen and oxygen atoms in total. The fourth-order valence-electron chi connectivity index (χ4n) is 4.43. The largest absolute Gasteiger partial charge is 0.334 e. The van der Waals surface area contributed by atoms with Crippen LogP contribution in [0.1, 0.15) is 47.9 Å². The van der Waals surface area contributed by atoms with Crippen molar-refractivity contribution in [1.82, 2.24) is 19.8 Å². The van der Waals surface area contributed by atoms with E-state index < -0.39 is 0 Å². The van der Waals surface area contributed by atoms with Crippen LogP contribution in [0.15, 0.2) is 36.7 Å². The summed E-state index contributed by atoms with van der Waals surface area (Å²) in [4.78, 5) is 20.0. The normalized spacial score (nSPS) is 20.6. The van der Waals surface area contributed by atoms with Crippen molar-refractivity contribution in [3.63, 3.8) is 0 Å². The molecule has 6 heteroatoms. The number of nitrogens with one attached hydrogen (secondary N) is 1. The molecule has 2 heterocycles. The first-order valence-electron chi connectivity index (χ1n) is 9.97. The second-order valence-corrected chi connectivity index (χ2v) is 7.80. The van der Waals surface area contributed by atoms with Crippen LogP contribution in [0.25, 0.3) is 0 Å². The van der Waals surface area contributed by atoms with Crippen molar-refractivity contribution in [2.45, 2.75) is 51.9 Å². The van der Waals surface area contributed by atoms with Gasteiger partial charge in [0.05, 0.1) is 6.54 Å². The molecule has 27 heavy (non-hydrogen) atoms. The lowest BCUT2D eigenvalue weighted by Crippen LogP contribution is -2.39. The Labute approximate surface area is 160 Å². The summed E-state index contributed by atoms with van der Waals surface area (Å²) in [5.41, 5.74) is 7.77. The van der Waals surface area contributed by atoms with Crippen LogP contribution in [0.4, 0.5) is 0 Å². The number of aromatic nitrogens is 2. The number of carbonyl (C=O) groups excluding carboxylic acids is 1. The molecule has 0 radical (unpaired) electrons. The van der Waals surface area contributed by atoms with Crippen LogP contribution in [-0.4, -0.2) is 39.5 Å². The van der Waals surface area contributed by atoms with Crippen LogP contribution < -0.4 is 11.1 Å². The molecule has 1 aliphatic heterocycles. The highest BCUT2D eigenvalue weighted by Gasteiger charge is 2.57. The summed E-state index contributed by atoms with van der Waals surface area (Å²) in [6.07, 6.45) is 7.21. The van der Waals surface area contributed by atoms with E-state index in [9.17, 15) is 4.79 Å². The molecule has 2 aromatic rings. The number of amides is 1. The van der Waals surface area contributed by atoms with Gasteiger partial charge in [0.1, 0.15) is 5.82 Å². The number of piperidine rings is 1. The van der Waals surface area contributed by atoms with Gasteiger partial charge < -0.3 is 20.5 Å². The summed E-state index contributed by atoms with van der Waals surface area (Å²) in [5.74, 6) is 1.06. The first-order chi connectivity index (χ1) is 13.2. The van der Waals surface area contributed by atoms with E-state index >= 15 is 0 Å². The highest BCUT2D eigenvalue weighted by molar-refractivity contribution is 5.94. The molecule has 1 saturated carbocycles. The molecule has 144 valence electrons. The predicted octanol–water partition coefficient (Wildman–Crippen LogP) is 2.15. The van der Waals surface area contributed by atoms with E-state index in [0.717, 1.165) is 55.8 Å². The van der Waals surface area contributed by atoms with Gasteiger partial charge in [-0.1, -0.05) is 12.1 Å². The summed E-state index contributed by atoms with van der Waals surface area (Å²) in [5, 5.41) is 3.45. The molecular formula is C21H29N5O. The van der Waals surface area contributed by atoms with Gasteiger partial charge in [0.25, 0.3) is 5.91 Å². The number of aryl methyl sites for hydroxylation is 1. The molecule has 1 aromatic carbocycles. The Hall–Kier alpha value is -2.18. The van der Waals surface area contributed by atoms with Gasteiger partial charge in [-0.05, 0) is 62.4 Å². The molecule has 0 bridgehead atoms. The molecule has 1 aliphatic carbocycles. The molecule has 4 rings (SSSR count). The van der Waals surface area contributed by atoms with Gasteiger partial charge in [0, 0.05) is 37.1 Å². The maximum atomic E-state index is 13.4. The zero-order valence-corrected chi connectivity index (χ0v) is 16.0. The number of hydrogen-bond donors (Lipinski definition) is 2. The van der Waals surface area contributed by atoms with Gasteiger partial charge in [-0.15, -0.1) is 0 Å². The van der Waals surface area contributed by atoms with Crippen molar-refractivity contribution < 1.29 is 4.79 Å². The maximum Gasteiger partial charge on any atom is 0.254 e. The number of hydrogen-bond acceptors (Lipinski definition) is 4. The molecule has 1 aromatic heterocycles. The standard InChI is InChI=1S/C21H29N5O/c1-2-25-12-11-24-19(25)15-26(18-13-21(18)7-9-23-10-8-21)20(27)17-5-3-16(14-22)4-6-17/h3-6,11-12,18,23H,2,7-10,13-15,22H2,1H3/t18-/m1/s1. The summed E-state index contributed by atoms with van der Waals surface area (Å²) in [6.45, 7) is 6.13. The Balaban J connectivity index is 1.60. The maximum absolute atomic E-state index is 13.4. The number of imidazole rings is 1. The van der Waals surface area contributed by atoms with Gasteiger partial charge in [-0.3, -0.25) is 4.79 Å². The fourth-order valence-corrected chi connectivity index (χ4v) is 4.43.